The largest absolute Gasteiger partial charge is 0.497 e. The molecule has 0 N–H and O–H groups in total. The van der Waals surface area contributed by atoms with E-state index in [1.165, 1.54) is 4.90 Å². The molecule has 6 heteroatoms. The van der Waals surface area contributed by atoms with Crippen LogP contribution in [0.2, 0.25) is 0 Å². The van der Waals surface area contributed by atoms with Crippen LogP contribution >= 0.6 is 0 Å². The summed E-state index contributed by atoms with van der Waals surface area (Å²) in [5, 5.41) is 0. The zero-order chi connectivity index (χ0) is 20.9. The maximum atomic E-state index is 13.8. The number of carbonyl (C=O) groups excluding carboxylic acids is 2. The van der Waals surface area contributed by atoms with Crippen molar-refractivity contribution >= 4 is 23.2 Å². The number of nitrogens with zero attached hydrogens (tertiary/aromatic N) is 2. The molecule has 0 saturated heterocycles. The number of amides is 2. The predicted octanol–water partition coefficient (Wildman–Crippen LogP) is 3.70. The van der Waals surface area contributed by atoms with Gasteiger partial charge in [-0.1, -0.05) is 36.4 Å². The zero-order valence-corrected chi connectivity index (χ0v) is 16.7. The highest BCUT2D eigenvalue weighted by Gasteiger charge is 2.59. The summed E-state index contributed by atoms with van der Waals surface area (Å²) in [4.78, 5) is 30.5. The normalized spacial score (nSPS) is 19.6. The van der Waals surface area contributed by atoms with Gasteiger partial charge in [0, 0.05) is 23.7 Å². The molecule has 0 saturated carbocycles. The SMILES string of the molecule is COc1ccc(C(=O)N2c3ccccc3CO[C@]23C(=O)N(C)c2ccccc23)cc1. The molecule has 0 fully saturated rings. The second-order valence-corrected chi connectivity index (χ2v) is 7.31. The Labute approximate surface area is 174 Å². The molecule has 0 aromatic heterocycles. The molecule has 1 spiro atoms. The topological polar surface area (TPSA) is 59.1 Å². The van der Waals surface area contributed by atoms with E-state index in [2.05, 4.69) is 0 Å². The van der Waals surface area contributed by atoms with Gasteiger partial charge in [0.15, 0.2) is 0 Å². The van der Waals surface area contributed by atoms with E-state index in [1.54, 1.807) is 43.3 Å². The molecule has 6 nitrogen and oxygen atoms in total. The average Bonchev–Trinajstić information content (AvgIpc) is 3.01. The molecule has 2 aliphatic heterocycles. The first-order valence-corrected chi connectivity index (χ1v) is 9.66. The number of hydrogen-bond donors (Lipinski definition) is 0. The number of para-hydroxylation sites is 2. The summed E-state index contributed by atoms with van der Waals surface area (Å²) in [7, 11) is 3.28. The number of rotatable bonds is 2. The Morgan fingerprint density at radius 1 is 0.967 bits per heavy atom. The minimum absolute atomic E-state index is 0.233. The molecule has 0 unspecified atom stereocenters. The van der Waals surface area contributed by atoms with Crippen molar-refractivity contribution in [3.05, 3.63) is 89.5 Å². The summed E-state index contributed by atoms with van der Waals surface area (Å²) in [6.45, 7) is 0.233. The maximum Gasteiger partial charge on any atom is 0.285 e. The molecule has 2 aliphatic rings. The lowest BCUT2D eigenvalue weighted by Gasteiger charge is -2.43. The van der Waals surface area contributed by atoms with Gasteiger partial charge in [-0.05, 0) is 36.4 Å². The van der Waals surface area contributed by atoms with Crippen LogP contribution in [-0.4, -0.2) is 26.0 Å². The smallest absolute Gasteiger partial charge is 0.285 e. The molecule has 150 valence electrons. The average molecular weight is 400 g/mol. The molecular weight excluding hydrogens is 380 g/mol. The van der Waals surface area contributed by atoms with E-state index in [9.17, 15) is 9.59 Å². The molecular formula is C24H20N2O4. The quantitative estimate of drug-likeness (QED) is 0.658. The van der Waals surface area contributed by atoms with E-state index in [0.717, 1.165) is 11.3 Å². The second-order valence-electron chi connectivity index (χ2n) is 7.31. The Kier molecular flexibility index (Phi) is 4.11. The minimum atomic E-state index is -1.54. The van der Waals surface area contributed by atoms with E-state index < -0.39 is 5.72 Å². The van der Waals surface area contributed by atoms with Gasteiger partial charge in [0.25, 0.3) is 17.5 Å². The highest BCUT2D eigenvalue weighted by molar-refractivity contribution is 6.17. The Hall–Kier alpha value is -3.64. The van der Waals surface area contributed by atoms with Crippen LogP contribution in [0.1, 0.15) is 21.5 Å². The summed E-state index contributed by atoms with van der Waals surface area (Å²) in [6.07, 6.45) is 0. The highest BCUT2D eigenvalue weighted by Crippen LogP contribution is 2.50. The molecule has 1 atom stereocenters. The molecule has 5 rings (SSSR count). The van der Waals surface area contributed by atoms with Gasteiger partial charge in [-0.2, -0.15) is 0 Å². The monoisotopic (exact) mass is 400 g/mol. The number of likely N-dealkylation sites (N-methyl/N-ethyl adjacent to an activating group) is 1. The molecule has 0 radical (unpaired) electrons. The van der Waals surface area contributed by atoms with Crippen LogP contribution < -0.4 is 14.5 Å². The van der Waals surface area contributed by atoms with Crippen molar-refractivity contribution in [3.63, 3.8) is 0 Å². The van der Waals surface area contributed by atoms with Crippen molar-refractivity contribution in [2.75, 3.05) is 24.0 Å². The fourth-order valence-electron chi connectivity index (χ4n) is 4.24. The molecule has 3 aromatic carbocycles. The molecule has 2 amide bonds. The Bertz CT molecular complexity index is 1160. The Balaban J connectivity index is 1.73. The molecule has 2 heterocycles. The van der Waals surface area contributed by atoms with E-state index >= 15 is 0 Å². The van der Waals surface area contributed by atoms with Gasteiger partial charge in [-0.25, -0.2) is 0 Å². The van der Waals surface area contributed by atoms with Gasteiger partial charge in [0.1, 0.15) is 5.75 Å². The van der Waals surface area contributed by atoms with Crippen molar-refractivity contribution < 1.29 is 19.1 Å². The van der Waals surface area contributed by atoms with Crippen LogP contribution in [-0.2, 0) is 21.9 Å². The standard InChI is InChI=1S/C24H20N2O4/c1-25-21-10-6-4-8-19(21)24(23(25)28)26(20-9-5-3-7-17(20)15-30-24)22(27)16-11-13-18(29-2)14-12-16/h3-14H,15H2,1-2H3/t24-/m1/s1. The van der Waals surface area contributed by atoms with Crippen LogP contribution in [0.4, 0.5) is 11.4 Å². The Morgan fingerprint density at radius 2 is 1.63 bits per heavy atom. The summed E-state index contributed by atoms with van der Waals surface area (Å²) >= 11 is 0. The van der Waals surface area contributed by atoms with Crippen molar-refractivity contribution in [3.8, 4) is 5.75 Å². The van der Waals surface area contributed by atoms with E-state index in [0.29, 0.717) is 22.6 Å². The van der Waals surface area contributed by atoms with Crippen molar-refractivity contribution in [1.29, 1.82) is 0 Å². The third-order valence-electron chi connectivity index (χ3n) is 5.75. The molecule has 30 heavy (non-hydrogen) atoms. The molecule has 3 aromatic rings. The number of ether oxygens (including phenoxy) is 2. The third-order valence-corrected chi connectivity index (χ3v) is 5.75. The van der Waals surface area contributed by atoms with Crippen LogP contribution in [0.15, 0.2) is 72.8 Å². The van der Waals surface area contributed by atoms with Gasteiger partial charge in [0.2, 0.25) is 0 Å². The number of carbonyl (C=O) groups is 2. The van der Waals surface area contributed by atoms with Gasteiger partial charge in [-0.3, -0.25) is 14.5 Å². The molecule has 0 bridgehead atoms. The van der Waals surface area contributed by atoms with Crippen LogP contribution in [0.5, 0.6) is 5.75 Å². The number of anilines is 2. The number of benzene rings is 3. The lowest BCUT2D eigenvalue weighted by atomic mass is 9.96. The van der Waals surface area contributed by atoms with Crippen LogP contribution in [0.3, 0.4) is 0 Å². The van der Waals surface area contributed by atoms with Crippen molar-refractivity contribution in [2.45, 2.75) is 12.3 Å². The Morgan fingerprint density at radius 3 is 2.37 bits per heavy atom. The summed E-state index contributed by atoms with van der Waals surface area (Å²) in [5.74, 6) is 0.0434. The number of methoxy groups -OCH3 is 1. The zero-order valence-electron chi connectivity index (χ0n) is 16.7. The number of fused-ring (bicyclic) bond motifs is 3. The van der Waals surface area contributed by atoms with E-state index in [1.807, 2.05) is 48.5 Å². The lowest BCUT2D eigenvalue weighted by molar-refractivity contribution is -0.146. The van der Waals surface area contributed by atoms with Gasteiger partial charge in [0.05, 0.1) is 25.1 Å². The predicted molar refractivity (Wildman–Crippen MR) is 113 cm³/mol. The first kappa shape index (κ1) is 18.4. The molecule has 0 aliphatic carbocycles. The van der Waals surface area contributed by atoms with Crippen molar-refractivity contribution in [2.24, 2.45) is 0 Å². The van der Waals surface area contributed by atoms with Crippen molar-refractivity contribution in [1.82, 2.24) is 0 Å². The second kappa shape index (κ2) is 6.71. The fourth-order valence-corrected chi connectivity index (χ4v) is 4.24. The minimum Gasteiger partial charge on any atom is -0.497 e. The van der Waals surface area contributed by atoms with E-state index in [-0.39, 0.29) is 18.4 Å². The third kappa shape index (κ3) is 2.40. The van der Waals surface area contributed by atoms with Gasteiger partial charge in [-0.15, -0.1) is 0 Å². The van der Waals surface area contributed by atoms with Crippen LogP contribution in [0, 0.1) is 0 Å². The van der Waals surface area contributed by atoms with Crippen LogP contribution in [0.25, 0.3) is 0 Å². The first-order valence-electron chi connectivity index (χ1n) is 9.66. The van der Waals surface area contributed by atoms with E-state index in [4.69, 9.17) is 9.47 Å². The van der Waals surface area contributed by atoms with Gasteiger partial charge < -0.3 is 14.4 Å². The first-order chi connectivity index (χ1) is 14.6. The van der Waals surface area contributed by atoms with Gasteiger partial charge >= 0.3 is 0 Å². The lowest BCUT2D eigenvalue weighted by Crippen LogP contribution is -2.59. The highest BCUT2D eigenvalue weighted by atomic mass is 16.5. The maximum absolute atomic E-state index is 13.8. The summed E-state index contributed by atoms with van der Waals surface area (Å²) in [6, 6.07) is 21.8. The summed E-state index contributed by atoms with van der Waals surface area (Å²) < 4.78 is 11.5. The fraction of sp³-hybridized carbons (Fsp3) is 0.167. The number of hydrogen-bond acceptors (Lipinski definition) is 4. The summed E-state index contributed by atoms with van der Waals surface area (Å²) in [5.41, 5.74) is 1.81.